The van der Waals surface area contributed by atoms with Gasteiger partial charge in [0, 0.05) is 24.4 Å². The van der Waals surface area contributed by atoms with E-state index in [1.165, 1.54) is 17.7 Å². The maximum atomic E-state index is 14.0. The molecule has 0 N–H and O–H groups in total. The second-order valence-electron chi connectivity index (χ2n) is 4.92. The smallest absolute Gasteiger partial charge is 0.329 e. The summed E-state index contributed by atoms with van der Waals surface area (Å²) in [7, 11) is 1.22. The van der Waals surface area contributed by atoms with Crippen LogP contribution in [0.1, 0.15) is 17.0 Å². The number of rotatable bonds is 3. The van der Waals surface area contributed by atoms with Gasteiger partial charge in [-0.15, -0.1) is 10.2 Å². The quantitative estimate of drug-likeness (QED) is 0.698. The first kappa shape index (κ1) is 15.1. The third-order valence-corrected chi connectivity index (χ3v) is 3.18. The average Bonchev–Trinajstić information content (AvgIpc) is 2.98. The van der Waals surface area contributed by atoms with E-state index in [0.29, 0.717) is 11.2 Å². The van der Waals surface area contributed by atoms with Gasteiger partial charge in [-0.25, -0.2) is 0 Å². The van der Waals surface area contributed by atoms with Crippen molar-refractivity contribution in [2.75, 3.05) is 13.7 Å². The van der Waals surface area contributed by atoms with Crippen LogP contribution in [-0.2, 0) is 10.7 Å². The molecule has 0 radical (unpaired) electrons. The van der Waals surface area contributed by atoms with Crippen molar-refractivity contribution in [2.24, 2.45) is 0 Å². The summed E-state index contributed by atoms with van der Waals surface area (Å²) in [6.07, 6.45) is 1.50. The minimum Gasteiger partial charge on any atom is -0.378 e. The van der Waals surface area contributed by atoms with Gasteiger partial charge < -0.3 is 4.74 Å². The van der Waals surface area contributed by atoms with Crippen LogP contribution in [0.15, 0.2) is 48.7 Å². The number of halogens is 2. The standard InChI is InChI=1S/C17H13F2N3O/c1-23-12-17(18,19)16-21-20-15-10-9-14(11-22(15)16)8-7-13-5-3-2-4-6-13/h2-6,9-11H,12H2,1H3. The van der Waals surface area contributed by atoms with E-state index in [1.807, 2.05) is 30.3 Å². The number of methoxy groups -OCH3 is 1. The van der Waals surface area contributed by atoms with Crippen LogP contribution in [0.4, 0.5) is 8.78 Å². The van der Waals surface area contributed by atoms with E-state index in [-0.39, 0.29) is 0 Å². The molecule has 0 aliphatic heterocycles. The Morgan fingerprint density at radius 2 is 1.78 bits per heavy atom. The molecular weight excluding hydrogens is 300 g/mol. The third-order valence-electron chi connectivity index (χ3n) is 3.18. The maximum absolute atomic E-state index is 14.0. The second-order valence-corrected chi connectivity index (χ2v) is 4.92. The molecule has 23 heavy (non-hydrogen) atoms. The van der Waals surface area contributed by atoms with Crippen LogP contribution in [0.25, 0.3) is 5.65 Å². The fraction of sp³-hybridized carbons (Fsp3) is 0.176. The Morgan fingerprint density at radius 3 is 2.52 bits per heavy atom. The highest BCUT2D eigenvalue weighted by molar-refractivity contribution is 5.47. The van der Waals surface area contributed by atoms with Gasteiger partial charge in [0.05, 0.1) is 0 Å². The predicted molar refractivity (Wildman–Crippen MR) is 81.2 cm³/mol. The molecule has 3 rings (SSSR count). The molecule has 0 spiro atoms. The Labute approximate surface area is 131 Å². The minimum atomic E-state index is -3.22. The van der Waals surface area contributed by atoms with Crippen LogP contribution in [0.5, 0.6) is 0 Å². The molecule has 116 valence electrons. The normalized spacial score (nSPS) is 11.3. The number of alkyl halides is 2. The first-order chi connectivity index (χ1) is 11.1. The van der Waals surface area contributed by atoms with Crippen molar-refractivity contribution in [3.63, 3.8) is 0 Å². The number of nitrogens with zero attached hydrogens (tertiary/aromatic N) is 3. The zero-order valence-electron chi connectivity index (χ0n) is 12.3. The number of pyridine rings is 1. The maximum Gasteiger partial charge on any atom is 0.329 e. The van der Waals surface area contributed by atoms with Crippen LogP contribution in [0.2, 0.25) is 0 Å². The van der Waals surface area contributed by atoms with Gasteiger partial charge >= 0.3 is 5.92 Å². The van der Waals surface area contributed by atoms with Crippen molar-refractivity contribution in [3.05, 3.63) is 65.6 Å². The molecular formula is C17H13F2N3O. The van der Waals surface area contributed by atoms with Crippen LogP contribution in [-0.4, -0.2) is 28.3 Å². The first-order valence-corrected chi connectivity index (χ1v) is 6.89. The van der Waals surface area contributed by atoms with Gasteiger partial charge in [-0.2, -0.15) is 8.78 Å². The van der Waals surface area contributed by atoms with E-state index < -0.39 is 18.4 Å². The first-order valence-electron chi connectivity index (χ1n) is 6.89. The van der Waals surface area contributed by atoms with Crippen LogP contribution in [0, 0.1) is 11.8 Å². The summed E-state index contributed by atoms with van der Waals surface area (Å²) in [5.74, 6) is 2.25. The molecule has 0 aliphatic carbocycles. The fourth-order valence-electron chi connectivity index (χ4n) is 2.13. The number of benzene rings is 1. The van der Waals surface area contributed by atoms with Crippen molar-refractivity contribution < 1.29 is 13.5 Å². The minimum absolute atomic E-state index is 0.334. The van der Waals surface area contributed by atoms with Crippen molar-refractivity contribution >= 4 is 5.65 Å². The number of ether oxygens (including phenoxy) is 1. The molecule has 0 unspecified atom stereocenters. The fourth-order valence-corrected chi connectivity index (χ4v) is 2.13. The molecule has 4 nitrogen and oxygen atoms in total. The van der Waals surface area contributed by atoms with Crippen LogP contribution < -0.4 is 0 Å². The van der Waals surface area contributed by atoms with E-state index >= 15 is 0 Å². The summed E-state index contributed by atoms with van der Waals surface area (Å²) in [6, 6.07) is 12.8. The van der Waals surface area contributed by atoms with Gasteiger partial charge in [0.25, 0.3) is 0 Å². The van der Waals surface area contributed by atoms with Crippen molar-refractivity contribution in [3.8, 4) is 11.8 Å². The number of hydrogen-bond acceptors (Lipinski definition) is 3. The van der Waals surface area contributed by atoms with E-state index in [4.69, 9.17) is 0 Å². The molecule has 0 saturated heterocycles. The molecule has 3 aromatic rings. The zero-order valence-corrected chi connectivity index (χ0v) is 12.3. The Hall–Kier alpha value is -2.78. The Morgan fingerprint density at radius 1 is 1.04 bits per heavy atom. The summed E-state index contributed by atoms with van der Waals surface area (Å²) in [6.45, 7) is -0.756. The third kappa shape index (κ3) is 3.20. The summed E-state index contributed by atoms with van der Waals surface area (Å²) >= 11 is 0. The Kier molecular flexibility index (Phi) is 4.04. The van der Waals surface area contributed by atoms with Gasteiger partial charge in [-0.05, 0) is 24.3 Å². The molecule has 0 aliphatic rings. The lowest BCUT2D eigenvalue weighted by molar-refractivity contribution is -0.0773. The molecule has 2 heterocycles. The van der Waals surface area contributed by atoms with Crippen molar-refractivity contribution in [2.45, 2.75) is 5.92 Å². The topological polar surface area (TPSA) is 39.4 Å². The molecule has 0 bridgehead atoms. The number of fused-ring (bicyclic) bond motifs is 1. The van der Waals surface area contributed by atoms with E-state index in [1.54, 1.807) is 12.1 Å². The lowest BCUT2D eigenvalue weighted by Crippen LogP contribution is -2.23. The summed E-state index contributed by atoms with van der Waals surface area (Å²) in [5.41, 5.74) is 1.78. The van der Waals surface area contributed by atoms with E-state index in [2.05, 4.69) is 26.8 Å². The SMILES string of the molecule is COCC(F)(F)c1nnc2ccc(C#Cc3ccccc3)cn12. The van der Waals surface area contributed by atoms with Crippen LogP contribution in [0.3, 0.4) is 0 Å². The highest BCUT2D eigenvalue weighted by Crippen LogP contribution is 2.27. The van der Waals surface area contributed by atoms with E-state index in [0.717, 1.165) is 5.56 Å². The molecule has 6 heteroatoms. The van der Waals surface area contributed by atoms with Gasteiger partial charge in [0.1, 0.15) is 6.61 Å². The zero-order chi connectivity index (χ0) is 16.3. The molecule has 1 aromatic carbocycles. The highest BCUT2D eigenvalue weighted by atomic mass is 19.3. The predicted octanol–water partition coefficient (Wildman–Crippen LogP) is 2.87. The molecule has 0 amide bonds. The average molecular weight is 313 g/mol. The summed E-state index contributed by atoms with van der Waals surface area (Å²) < 4.78 is 33.8. The second kappa shape index (κ2) is 6.15. The Balaban J connectivity index is 2.00. The van der Waals surface area contributed by atoms with Crippen molar-refractivity contribution in [1.29, 1.82) is 0 Å². The summed E-state index contributed by atoms with van der Waals surface area (Å²) in [5, 5.41) is 7.34. The van der Waals surface area contributed by atoms with Gasteiger partial charge in [0.2, 0.25) is 5.82 Å². The monoisotopic (exact) mass is 313 g/mol. The Bertz CT molecular complexity index is 879. The summed E-state index contributed by atoms with van der Waals surface area (Å²) in [4.78, 5) is 0. The highest BCUT2D eigenvalue weighted by Gasteiger charge is 2.37. The molecule has 0 saturated carbocycles. The number of aromatic nitrogens is 3. The van der Waals surface area contributed by atoms with Crippen molar-refractivity contribution in [1.82, 2.24) is 14.6 Å². The lowest BCUT2D eigenvalue weighted by atomic mass is 10.2. The van der Waals surface area contributed by atoms with Crippen LogP contribution >= 0.6 is 0 Å². The molecule has 2 aromatic heterocycles. The van der Waals surface area contributed by atoms with E-state index in [9.17, 15) is 8.78 Å². The lowest BCUT2D eigenvalue weighted by Gasteiger charge is -2.12. The van der Waals surface area contributed by atoms with Gasteiger partial charge in [-0.1, -0.05) is 30.0 Å². The molecule has 0 fully saturated rings. The number of hydrogen-bond donors (Lipinski definition) is 0. The largest absolute Gasteiger partial charge is 0.378 e. The van der Waals surface area contributed by atoms with Gasteiger partial charge in [-0.3, -0.25) is 4.40 Å². The molecule has 0 atom stereocenters. The van der Waals surface area contributed by atoms with Gasteiger partial charge in [0.15, 0.2) is 5.65 Å².